The Morgan fingerprint density at radius 1 is 1.42 bits per heavy atom. The van der Waals surface area contributed by atoms with Crippen molar-refractivity contribution >= 4 is 17.4 Å². The van der Waals surface area contributed by atoms with Crippen LogP contribution in [0.15, 0.2) is 12.3 Å². The highest BCUT2D eigenvalue weighted by atomic mass is 35.5. The minimum Gasteiger partial charge on any atom is -0.396 e. The van der Waals surface area contributed by atoms with Crippen LogP contribution in [0.1, 0.15) is 32.3 Å². The Labute approximate surface area is 114 Å². The lowest BCUT2D eigenvalue weighted by Gasteiger charge is -2.30. The number of aliphatic hydroxyl groups excluding tert-OH is 1. The number of halogens is 4. The topological polar surface area (TPSA) is 45.1 Å². The highest BCUT2D eigenvalue weighted by Crippen LogP contribution is 2.33. The SMILES string of the molecule is CCC(C)(CCO)Nc1ncc(C(F)(F)F)cc1Cl. The molecular weight excluding hydrogens is 281 g/mol. The quantitative estimate of drug-likeness (QED) is 0.870. The summed E-state index contributed by atoms with van der Waals surface area (Å²) in [6.45, 7) is 3.72. The van der Waals surface area contributed by atoms with Crippen LogP contribution in [0, 0.1) is 0 Å². The number of alkyl halides is 3. The third-order valence-electron chi connectivity index (χ3n) is 3.03. The first-order chi connectivity index (χ1) is 8.72. The van der Waals surface area contributed by atoms with Gasteiger partial charge < -0.3 is 10.4 Å². The average molecular weight is 297 g/mol. The van der Waals surface area contributed by atoms with E-state index >= 15 is 0 Å². The van der Waals surface area contributed by atoms with Crippen LogP contribution in [-0.2, 0) is 6.18 Å². The first kappa shape index (κ1) is 16.0. The van der Waals surface area contributed by atoms with E-state index in [9.17, 15) is 13.2 Å². The van der Waals surface area contributed by atoms with E-state index < -0.39 is 17.3 Å². The predicted molar refractivity (Wildman–Crippen MR) is 68.3 cm³/mol. The highest BCUT2D eigenvalue weighted by Gasteiger charge is 2.32. The molecule has 7 heteroatoms. The Kier molecular flexibility index (Phi) is 5.04. The van der Waals surface area contributed by atoms with E-state index in [1.807, 2.05) is 13.8 Å². The third kappa shape index (κ3) is 4.24. The zero-order chi connectivity index (χ0) is 14.7. The highest BCUT2D eigenvalue weighted by molar-refractivity contribution is 6.33. The van der Waals surface area contributed by atoms with Gasteiger partial charge in [0.1, 0.15) is 5.82 Å². The zero-order valence-electron chi connectivity index (χ0n) is 10.7. The fourth-order valence-corrected chi connectivity index (χ4v) is 1.76. The van der Waals surface area contributed by atoms with Gasteiger partial charge >= 0.3 is 6.18 Å². The summed E-state index contributed by atoms with van der Waals surface area (Å²) in [7, 11) is 0. The van der Waals surface area contributed by atoms with Crippen molar-refractivity contribution in [3.63, 3.8) is 0 Å². The Morgan fingerprint density at radius 3 is 2.47 bits per heavy atom. The van der Waals surface area contributed by atoms with Crippen LogP contribution in [0.5, 0.6) is 0 Å². The largest absolute Gasteiger partial charge is 0.417 e. The van der Waals surface area contributed by atoms with Crippen molar-refractivity contribution < 1.29 is 18.3 Å². The van der Waals surface area contributed by atoms with Gasteiger partial charge in [0.05, 0.1) is 10.6 Å². The number of aromatic nitrogens is 1. The van der Waals surface area contributed by atoms with Crippen LogP contribution in [0.2, 0.25) is 5.02 Å². The fourth-order valence-electron chi connectivity index (χ4n) is 1.55. The number of nitrogens with zero attached hydrogens (tertiary/aromatic N) is 1. The van der Waals surface area contributed by atoms with Crippen LogP contribution < -0.4 is 5.32 Å². The summed E-state index contributed by atoms with van der Waals surface area (Å²) < 4.78 is 37.4. The van der Waals surface area contributed by atoms with Crippen molar-refractivity contribution in [2.24, 2.45) is 0 Å². The molecule has 0 bridgehead atoms. The number of pyridine rings is 1. The first-order valence-corrected chi connectivity index (χ1v) is 6.21. The minimum atomic E-state index is -4.46. The van der Waals surface area contributed by atoms with E-state index in [0.29, 0.717) is 12.8 Å². The van der Waals surface area contributed by atoms with E-state index in [4.69, 9.17) is 16.7 Å². The Balaban J connectivity index is 2.97. The standard InChI is InChI=1S/C12H16ClF3N2O/c1-3-11(2,4-5-19)18-10-9(13)6-8(7-17-10)12(14,15)16/h6-7,19H,3-5H2,1-2H3,(H,17,18). The molecule has 0 amide bonds. The fraction of sp³-hybridized carbons (Fsp3) is 0.583. The Morgan fingerprint density at radius 2 is 2.05 bits per heavy atom. The van der Waals surface area contributed by atoms with Crippen LogP contribution in [0.4, 0.5) is 19.0 Å². The summed E-state index contributed by atoms with van der Waals surface area (Å²) in [5.74, 6) is 0.187. The van der Waals surface area contributed by atoms with Crippen molar-refractivity contribution in [1.82, 2.24) is 4.98 Å². The monoisotopic (exact) mass is 296 g/mol. The maximum atomic E-state index is 12.5. The molecule has 0 aliphatic carbocycles. The molecule has 1 unspecified atom stereocenters. The van der Waals surface area contributed by atoms with E-state index in [1.54, 1.807) is 0 Å². The molecule has 1 rings (SSSR count). The summed E-state index contributed by atoms with van der Waals surface area (Å²) in [6, 6.07) is 0.839. The van der Waals surface area contributed by atoms with Gasteiger partial charge in [0, 0.05) is 18.3 Å². The van der Waals surface area contributed by atoms with Crippen LogP contribution in [-0.4, -0.2) is 22.2 Å². The molecule has 0 spiro atoms. The number of hydrogen-bond donors (Lipinski definition) is 2. The van der Waals surface area contributed by atoms with Gasteiger partial charge in [-0.15, -0.1) is 0 Å². The van der Waals surface area contributed by atoms with Crippen LogP contribution >= 0.6 is 11.6 Å². The van der Waals surface area contributed by atoms with Gasteiger partial charge in [-0.25, -0.2) is 4.98 Å². The molecule has 19 heavy (non-hydrogen) atoms. The molecule has 0 aliphatic rings. The van der Waals surface area contributed by atoms with E-state index in [0.717, 1.165) is 12.3 Å². The van der Waals surface area contributed by atoms with Crippen molar-refractivity contribution in [2.45, 2.75) is 38.4 Å². The number of nitrogens with one attached hydrogen (secondary N) is 1. The molecule has 1 atom stereocenters. The van der Waals surface area contributed by atoms with Gasteiger partial charge in [-0.3, -0.25) is 0 Å². The molecular formula is C12H16ClF3N2O. The van der Waals surface area contributed by atoms with E-state index in [1.165, 1.54) is 0 Å². The molecule has 3 nitrogen and oxygen atoms in total. The molecule has 0 aliphatic heterocycles. The molecule has 108 valence electrons. The Hall–Kier alpha value is -1.01. The molecule has 0 fully saturated rings. The van der Waals surface area contributed by atoms with Crippen LogP contribution in [0.3, 0.4) is 0 Å². The number of hydrogen-bond acceptors (Lipinski definition) is 3. The summed E-state index contributed by atoms with van der Waals surface area (Å²) in [5, 5.41) is 11.9. The normalized spacial score (nSPS) is 15.1. The summed E-state index contributed by atoms with van der Waals surface area (Å²) in [6.07, 6.45) is -2.60. The van der Waals surface area contributed by atoms with Crippen molar-refractivity contribution in [3.05, 3.63) is 22.8 Å². The molecule has 0 saturated heterocycles. The third-order valence-corrected chi connectivity index (χ3v) is 3.32. The van der Waals surface area contributed by atoms with Gasteiger partial charge in [-0.1, -0.05) is 18.5 Å². The number of aliphatic hydroxyl groups is 1. The molecule has 1 aromatic heterocycles. The smallest absolute Gasteiger partial charge is 0.396 e. The van der Waals surface area contributed by atoms with Crippen molar-refractivity contribution in [3.8, 4) is 0 Å². The van der Waals surface area contributed by atoms with E-state index in [-0.39, 0.29) is 17.4 Å². The molecule has 0 radical (unpaired) electrons. The van der Waals surface area contributed by atoms with Gasteiger partial charge in [-0.2, -0.15) is 13.2 Å². The second kappa shape index (κ2) is 5.96. The molecule has 1 heterocycles. The van der Waals surface area contributed by atoms with Gasteiger partial charge in [-0.05, 0) is 25.8 Å². The van der Waals surface area contributed by atoms with Crippen molar-refractivity contribution in [2.75, 3.05) is 11.9 Å². The van der Waals surface area contributed by atoms with E-state index in [2.05, 4.69) is 10.3 Å². The minimum absolute atomic E-state index is 0.0321. The summed E-state index contributed by atoms with van der Waals surface area (Å²) in [4.78, 5) is 3.72. The molecule has 0 saturated carbocycles. The second-order valence-corrected chi connectivity index (χ2v) is 4.97. The number of rotatable bonds is 5. The molecule has 0 aromatic carbocycles. The second-order valence-electron chi connectivity index (χ2n) is 4.57. The number of anilines is 1. The van der Waals surface area contributed by atoms with Crippen molar-refractivity contribution in [1.29, 1.82) is 0 Å². The molecule has 2 N–H and O–H groups in total. The van der Waals surface area contributed by atoms with Crippen LogP contribution in [0.25, 0.3) is 0 Å². The average Bonchev–Trinajstić information content (AvgIpc) is 2.31. The molecule has 1 aromatic rings. The lowest BCUT2D eigenvalue weighted by atomic mass is 9.95. The maximum absolute atomic E-state index is 12.5. The predicted octanol–water partition coefficient (Wildman–Crippen LogP) is 3.72. The summed E-state index contributed by atoms with van der Waals surface area (Å²) in [5.41, 5.74) is -1.35. The first-order valence-electron chi connectivity index (χ1n) is 5.83. The van der Waals surface area contributed by atoms with Gasteiger partial charge in [0.2, 0.25) is 0 Å². The Bertz CT molecular complexity index is 439. The van der Waals surface area contributed by atoms with Gasteiger partial charge in [0.15, 0.2) is 0 Å². The lowest BCUT2D eigenvalue weighted by molar-refractivity contribution is -0.137. The maximum Gasteiger partial charge on any atom is 0.417 e. The summed E-state index contributed by atoms with van der Waals surface area (Å²) >= 11 is 5.81. The zero-order valence-corrected chi connectivity index (χ0v) is 11.4. The van der Waals surface area contributed by atoms with Gasteiger partial charge in [0.25, 0.3) is 0 Å². The lowest BCUT2D eigenvalue weighted by Crippen LogP contribution is -2.35.